The van der Waals surface area contributed by atoms with Crippen LogP contribution < -0.4 is 17.0 Å². The predicted octanol–water partition coefficient (Wildman–Crippen LogP) is -2.01. The van der Waals surface area contributed by atoms with Crippen molar-refractivity contribution in [2.24, 2.45) is 11.6 Å². The molecule has 0 aliphatic heterocycles. The number of nitrogens with two attached hydrogens (primary N) is 2. The molecule has 88 valence electrons. The number of aliphatic hydroxyl groups excluding tert-OH is 2. The highest BCUT2D eigenvalue weighted by Crippen LogP contribution is 2.04. The number of ether oxygens (including phenoxy) is 1. The Kier molecular flexibility index (Phi) is 5.45. The van der Waals surface area contributed by atoms with E-state index in [1.54, 1.807) is 0 Å². The molecule has 0 rings (SSSR count). The van der Waals surface area contributed by atoms with E-state index in [1.807, 2.05) is 5.43 Å². The number of carboxylic acids is 1. The average molecular weight is 221 g/mol. The van der Waals surface area contributed by atoms with E-state index in [0.29, 0.717) is 0 Å². The first-order chi connectivity index (χ1) is 6.90. The molecule has 0 saturated heterocycles. The summed E-state index contributed by atoms with van der Waals surface area (Å²) in [7, 11) is 0. The number of carboxylic acid groups (broad SMARTS) is 1. The van der Waals surface area contributed by atoms with Crippen LogP contribution in [0.2, 0.25) is 0 Å². The van der Waals surface area contributed by atoms with Gasteiger partial charge in [0.1, 0.15) is 18.3 Å². The minimum atomic E-state index is -1.26. The van der Waals surface area contributed by atoms with Crippen molar-refractivity contribution >= 4 is 5.97 Å². The highest BCUT2D eigenvalue weighted by molar-refractivity contribution is 5.73. The molecule has 0 aromatic rings. The molecule has 0 heterocycles. The Morgan fingerprint density at radius 1 is 1.53 bits per heavy atom. The molecule has 2 atom stereocenters. The molecule has 15 heavy (non-hydrogen) atoms. The molecule has 0 amide bonds. The van der Waals surface area contributed by atoms with Crippen LogP contribution in [0.5, 0.6) is 0 Å². The third kappa shape index (κ3) is 4.49. The van der Waals surface area contributed by atoms with E-state index in [9.17, 15) is 9.90 Å². The van der Waals surface area contributed by atoms with Crippen LogP contribution in [0.25, 0.3) is 0 Å². The molecule has 0 unspecified atom stereocenters. The zero-order valence-corrected chi connectivity index (χ0v) is 8.17. The maximum absolute atomic E-state index is 10.3. The standard InChI is InChI=1S/C7H15N3O5/c1-3(11)5(10-9)7(14)15-2-4(8)6(12)13/h3-4,10-11,14H,2,8-9H2,1H3,(H,12,13)/b7-5-/t3-,4+/m1/s1. The van der Waals surface area contributed by atoms with Crippen molar-refractivity contribution in [3.8, 4) is 0 Å². The number of hydrogen-bond donors (Lipinski definition) is 6. The molecule has 0 aliphatic rings. The number of rotatable bonds is 6. The predicted molar refractivity (Wildman–Crippen MR) is 50.2 cm³/mol. The molecule has 0 radical (unpaired) electrons. The lowest BCUT2D eigenvalue weighted by Crippen LogP contribution is -2.36. The first-order valence-corrected chi connectivity index (χ1v) is 4.09. The molecule has 0 fully saturated rings. The summed E-state index contributed by atoms with van der Waals surface area (Å²) in [5.74, 6) is 3.03. The lowest BCUT2D eigenvalue weighted by atomic mass is 10.3. The van der Waals surface area contributed by atoms with Gasteiger partial charge in [-0.2, -0.15) is 0 Å². The van der Waals surface area contributed by atoms with Gasteiger partial charge in [-0.15, -0.1) is 0 Å². The van der Waals surface area contributed by atoms with Crippen molar-refractivity contribution in [3.63, 3.8) is 0 Å². The number of hydrogen-bond acceptors (Lipinski definition) is 7. The number of nitrogens with one attached hydrogen (secondary N) is 1. The third-order valence-electron chi connectivity index (χ3n) is 1.52. The van der Waals surface area contributed by atoms with Crippen molar-refractivity contribution in [2.75, 3.05) is 6.61 Å². The van der Waals surface area contributed by atoms with Crippen LogP contribution in [0.15, 0.2) is 11.6 Å². The van der Waals surface area contributed by atoms with Crippen LogP contribution in [0.3, 0.4) is 0 Å². The van der Waals surface area contributed by atoms with Crippen LogP contribution in [-0.4, -0.2) is 40.0 Å². The van der Waals surface area contributed by atoms with E-state index >= 15 is 0 Å². The van der Waals surface area contributed by atoms with Gasteiger partial charge in [-0.1, -0.05) is 0 Å². The van der Waals surface area contributed by atoms with Crippen molar-refractivity contribution in [3.05, 3.63) is 11.6 Å². The second-order valence-corrected chi connectivity index (χ2v) is 2.79. The molecule has 0 aromatic carbocycles. The van der Waals surface area contributed by atoms with Gasteiger partial charge in [-0.25, -0.2) is 0 Å². The number of aliphatic carboxylic acids is 1. The normalized spacial score (nSPS) is 16.3. The Morgan fingerprint density at radius 3 is 2.40 bits per heavy atom. The van der Waals surface area contributed by atoms with Gasteiger partial charge in [0.25, 0.3) is 0 Å². The maximum Gasteiger partial charge on any atom is 0.324 e. The second kappa shape index (κ2) is 6.06. The molecular formula is C7H15N3O5. The quantitative estimate of drug-likeness (QED) is 0.171. The summed E-state index contributed by atoms with van der Waals surface area (Å²) >= 11 is 0. The van der Waals surface area contributed by atoms with E-state index < -0.39 is 30.7 Å². The fourth-order valence-electron chi connectivity index (χ4n) is 0.679. The van der Waals surface area contributed by atoms with Gasteiger partial charge < -0.3 is 31.2 Å². The molecule has 8 N–H and O–H groups in total. The SMILES string of the molecule is C[C@@H](O)/C(NN)=C(\O)OC[C@H](N)C(=O)O. The lowest BCUT2D eigenvalue weighted by Gasteiger charge is -2.14. The fraction of sp³-hybridized carbons (Fsp3) is 0.571. The fourth-order valence-corrected chi connectivity index (χ4v) is 0.679. The maximum atomic E-state index is 10.3. The number of aliphatic hydroxyl groups is 2. The average Bonchev–Trinajstić information content (AvgIpc) is 2.14. The largest absolute Gasteiger partial charge is 0.480 e. The van der Waals surface area contributed by atoms with Crippen LogP contribution in [0, 0.1) is 0 Å². The van der Waals surface area contributed by atoms with Crippen molar-refractivity contribution < 1.29 is 24.9 Å². The number of carbonyl (C=O) groups is 1. The smallest absolute Gasteiger partial charge is 0.324 e. The van der Waals surface area contributed by atoms with Gasteiger partial charge in [0, 0.05) is 0 Å². The van der Waals surface area contributed by atoms with Gasteiger partial charge >= 0.3 is 11.9 Å². The minimum Gasteiger partial charge on any atom is -0.480 e. The molecule has 0 aromatic heterocycles. The monoisotopic (exact) mass is 221 g/mol. The van der Waals surface area contributed by atoms with E-state index in [2.05, 4.69) is 4.74 Å². The summed E-state index contributed by atoms with van der Waals surface area (Å²) < 4.78 is 4.61. The zero-order valence-electron chi connectivity index (χ0n) is 8.17. The van der Waals surface area contributed by atoms with Crippen LogP contribution >= 0.6 is 0 Å². The van der Waals surface area contributed by atoms with Gasteiger partial charge in [-0.3, -0.25) is 10.6 Å². The highest BCUT2D eigenvalue weighted by Gasteiger charge is 2.16. The second-order valence-electron chi connectivity index (χ2n) is 2.79. The van der Waals surface area contributed by atoms with E-state index in [4.69, 9.17) is 21.8 Å². The Balaban J connectivity index is 4.33. The first kappa shape index (κ1) is 13.5. The van der Waals surface area contributed by atoms with Gasteiger partial charge in [0.2, 0.25) is 0 Å². The summed E-state index contributed by atoms with van der Waals surface area (Å²) in [5, 5.41) is 26.7. The highest BCUT2D eigenvalue weighted by atomic mass is 16.6. The molecule has 0 saturated carbocycles. The number of hydrazine groups is 1. The Labute approximate surface area is 86.1 Å². The van der Waals surface area contributed by atoms with Gasteiger partial charge in [0.05, 0.1) is 6.10 Å². The summed E-state index contributed by atoms with van der Waals surface area (Å²) in [6.45, 7) is 0.908. The van der Waals surface area contributed by atoms with Gasteiger partial charge in [0.15, 0.2) is 0 Å². The topological polar surface area (TPSA) is 151 Å². The lowest BCUT2D eigenvalue weighted by molar-refractivity contribution is -0.139. The summed E-state index contributed by atoms with van der Waals surface area (Å²) in [4.78, 5) is 10.3. The molecular weight excluding hydrogens is 206 g/mol. The van der Waals surface area contributed by atoms with Crippen LogP contribution in [0.4, 0.5) is 0 Å². The molecule has 8 heteroatoms. The first-order valence-electron chi connectivity index (χ1n) is 4.09. The summed E-state index contributed by atoms with van der Waals surface area (Å²) in [6.07, 6.45) is -1.07. The molecule has 0 spiro atoms. The summed E-state index contributed by atoms with van der Waals surface area (Å²) in [5.41, 5.74) is 6.97. The Hall–Kier alpha value is -1.51. The van der Waals surface area contributed by atoms with E-state index in [1.165, 1.54) is 6.92 Å². The molecule has 8 nitrogen and oxygen atoms in total. The zero-order chi connectivity index (χ0) is 12.0. The molecule has 0 aliphatic carbocycles. The van der Waals surface area contributed by atoms with Crippen molar-refractivity contribution in [1.82, 2.24) is 5.43 Å². The van der Waals surface area contributed by atoms with E-state index in [-0.39, 0.29) is 5.70 Å². The molecule has 0 bridgehead atoms. The third-order valence-corrected chi connectivity index (χ3v) is 1.52. The van der Waals surface area contributed by atoms with Crippen molar-refractivity contribution in [1.29, 1.82) is 0 Å². The van der Waals surface area contributed by atoms with Crippen molar-refractivity contribution in [2.45, 2.75) is 19.1 Å². The van der Waals surface area contributed by atoms with E-state index in [0.717, 1.165) is 0 Å². The van der Waals surface area contributed by atoms with Gasteiger partial charge in [-0.05, 0) is 6.92 Å². The van der Waals surface area contributed by atoms with Crippen LogP contribution in [-0.2, 0) is 9.53 Å². The Morgan fingerprint density at radius 2 is 2.07 bits per heavy atom. The Bertz CT molecular complexity index is 253. The summed E-state index contributed by atoms with van der Waals surface area (Å²) in [6, 6.07) is -1.26. The van der Waals surface area contributed by atoms with Crippen LogP contribution in [0.1, 0.15) is 6.92 Å². The minimum absolute atomic E-state index is 0.160.